The molecule has 0 spiro atoms. The summed E-state index contributed by atoms with van der Waals surface area (Å²) in [6.07, 6.45) is 2.83. The summed E-state index contributed by atoms with van der Waals surface area (Å²) in [5, 5.41) is 0. The molecule has 7 heteroatoms. The third kappa shape index (κ3) is 3.66. The van der Waals surface area contributed by atoms with E-state index in [0.29, 0.717) is 24.6 Å². The first-order valence-corrected chi connectivity index (χ1v) is 6.65. The van der Waals surface area contributed by atoms with Crippen LogP contribution in [0.15, 0.2) is 0 Å². The summed E-state index contributed by atoms with van der Waals surface area (Å²) in [5.41, 5.74) is 5.70. The van der Waals surface area contributed by atoms with E-state index in [-0.39, 0.29) is 5.95 Å². The summed E-state index contributed by atoms with van der Waals surface area (Å²) in [5.74, 6) is 0.750. The Hall–Kier alpha value is -1.63. The minimum absolute atomic E-state index is 0.190. The standard InChI is InChI=1S/C12H21N5O2/c1-3-6-19-12-15-10(13)14-11(16-12)17(2)9-4-7-18-8-5-9/h9H,3-8H2,1-2H3,(H2,13,14,15,16). The molecule has 0 atom stereocenters. The van der Waals surface area contributed by atoms with E-state index in [1.54, 1.807) is 0 Å². The van der Waals surface area contributed by atoms with Gasteiger partial charge < -0.3 is 20.1 Å². The summed E-state index contributed by atoms with van der Waals surface area (Å²) < 4.78 is 10.8. The van der Waals surface area contributed by atoms with Crippen molar-refractivity contribution >= 4 is 11.9 Å². The van der Waals surface area contributed by atoms with Crippen molar-refractivity contribution in [3.8, 4) is 6.01 Å². The van der Waals surface area contributed by atoms with Crippen molar-refractivity contribution in [1.82, 2.24) is 15.0 Å². The zero-order valence-electron chi connectivity index (χ0n) is 11.5. The Bertz CT molecular complexity index is 409. The van der Waals surface area contributed by atoms with Gasteiger partial charge in [0.2, 0.25) is 11.9 Å². The van der Waals surface area contributed by atoms with Gasteiger partial charge in [-0.1, -0.05) is 6.92 Å². The maximum Gasteiger partial charge on any atom is 0.323 e. The van der Waals surface area contributed by atoms with Gasteiger partial charge in [0, 0.05) is 26.3 Å². The van der Waals surface area contributed by atoms with Gasteiger partial charge in [0.15, 0.2) is 0 Å². The molecule has 0 saturated carbocycles. The molecule has 1 saturated heterocycles. The molecule has 0 amide bonds. The van der Waals surface area contributed by atoms with Gasteiger partial charge >= 0.3 is 6.01 Å². The van der Waals surface area contributed by atoms with Crippen molar-refractivity contribution in [2.24, 2.45) is 0 Å². The van der Waals surface area contributed by atoms with Crippen molar-refractivity contribution < 1.29 is 9.47 Å². The molecular formula is C12H21N5O2. The number of anilines is 2. The fraction of sp³-hybridized carbons (Fsp3) is 0.750. The topological polar surface area (TPSA) is 86.4 Å². The minimum Gasteiger partial charge on any atom is -0.463 e. The molecule has 1 aromatic rings. The van der Waals surface area contributed by atoms with E-state index in [0.717, 1.165) is 32.5 Å². The van der Waals surface area contributed by atoms with Gasteiger partial charge in [-0.05, 0) is 19.3 Å². The van der Waals surface area contributed by atoms with Crippen LogP contribution in [-0.2, 0) is 4.74 Å². The second-order valence-corrected chi connectivity index (χ2v) is 4.58. The normalized spacial score (nSPS) is 16.3. The van der Waals surface area contributed by atoms with Crippen molar-refractivity contribution in [2.75, 3.05) is 37.5 Å². The summed E-state index contributed by atoms with van der Waals surface area (Å²) in [6.45, 7) is 4.15. The molecule has 0 aliphatic carbocycles. The van der Waals surface area contributed by atoms with Crippen LogP contribution < -0.4 is 15.4 Å². The molecule has 7 nitrogen and oxygen atoms in total. The van der Waals surface area contributed by atoms with Crippen molar-refractivity contribution in [3.05, 3.63) is 0 Å². The van der Waals surface area contributed by atoms with Crippen LogP contribution in [-0.4, -0.2) is 47.9 Å². The average Bonchev–Trinajstić information content (AvgIpc) is 2.44. The molecule has 0 aromatic carbocycles. The van der Waals surface area contributed by atoms with Crippen molar-refractivity contribution in [3.63, 3.8) is 0 Å². The predicted molar refractivity (Wildman–Crippen MR) is 72.3 cm³/mol. The summed E-state index contributed by atoms with van der Waals surface area (Å²) in [6, 6.07) is 0.665. The highest BCUT2D eigenvalue weighted by atomic mass is 16.5. The molecule has 1 aliphatic rings. The van der Waals surface area contributed by atoms with E-state index in [2.05, 4.69) is 15.0 Å². The van der Waals surface area contributed by atoms with Gasteiger partial charge in [0.1, 0.15) is 0 Å². The van der Waals surface area contributed by atoms with Crippen LogP contribution in [0.2, 0.25) is 0 Å². The quantitative estimate of drug-likeness (QED) is 0.846. The average molecular weight is 267 g/mol. The Morgan fingerprint density at radius 2 is 2.05 bits per heavy atom. The van der Waals surface area contributed by atoms with Gasteiger partial charge in [-0.3, -0.25) is 0 Å². The largest absolute Gasteiger partial charge is 0.463 e. The van der Waals surface area contributed by atoms with Gasteiger partial charge in [0.25, 0.3) is 0 Å². The van der Waals surface area contributed by atoms with Crippen LogP contribution in [0.1, 0.15) is 26.2 Å². The number of aromatic nitrogens is 3. The molecule has 0 radical (unpaired) electrons. The summed E-state index contributed by atoms with van der Waals surface area (Å²) in [7, 11) is 1.97. The van der Waals surface area contributed by atoms with Crippen LogP contribution in [0.25, 0.3) is 0 Å². The highest BCUT2D eigenvalue weighted by Gasteiger charge is 2.21. The number of nitrogens with two attached hydrogens (primary N) is 1. The Kier molecular flexibility index (Phi) is 4.73. The molecule has 2 rings (SSSR count). The smallest absolute Gasteiger partial charge is 0.323 e. The number of ether oxygens (including phenoxy) is 2. The van der Waals surface area contributed by atoms with Crippen LogP contribution in [0.3, 0.4) is 0 Å². The SMILES string of the molecule is CCCOc1nc(N)nc(N(C)C2CCOCC2)n1. The Balaban J connectivity index is 2.11. The number of rotatable bonds is 5. The predicted octanol–water partition coefficient (Wildman–Crippen LogP) is 0.858. The van der Waals surface area contributed by atoms with E-state index < -0.39 is 0 Å². The van der Waals surface area contributed by atoms with E-state index >= 15 is 0 Å². The fourth-order valence-corrected chi connectivity index (χ4v) is 2.01. The Labute approximate surface area is 113 Å². The molecule has 0 unspecified atom stereocenters. The van der Waals surface area contributed by atoms with Crippen molar-refractivity contribution in [1.29, 1.82) is 0 Å². The number of hydrogen-bond donors (Lipinski definition) is 1. The number of nitrogens with zero attached hydrogens (tertiary/aromatic N) is 4. The molecule has 106 valence electrons. The third-order valence-corrected chi connectivity index (χ3v) is 3.11. The van der Waals surface area contributed by atoms with E-state index in [1.807, 2.05) is 18.9 Å². The first kappa shape index (κ1) is 13.8. The van der Waals surface area contributed by atoms with Crippen LogP contribution >= 0.6 is 0 Å². The molecule has 1 aliphatic heterocycles. The fourth-order valence-electron chi connectivity index (χ4n) is 2.01. The van der Waals surface area contributed by atoms with E-state index in [1.165, 1.54) is 0 Å². The molecule has 2 heterocycles. The lowest BCUT2D eigenvalue weighted by atomic mass is 10.1. The molecule has 1 fully saturated rings. The lowest BCUT2D eigenvalue weighted by Gasteiger charge is -2.31. The molecule has 19 heavy (non-hydrogen) atoms. The van der Waals surface area contributed by atoms with Crippen LogP contribution in [0.4, 0.5) is 11.9 Å². The maximum atomic E-state index is 5.70. The van der Waals surface area contributed by atoms with Crippen LogP contribution in [0.5, 0.6) is 6.01 Å². The molecular weight excluding hydrogens is 246 g/mol. The van der Waals surface area contributed by atoms with E-state index in [4.69, 9.17) is 15.2 Å². The second-order valence-electron chi connectivity index (χ2n) is 4.58. The first-order chi connectivity index (χ1) is 9.20. The Morgan fingerprint density at radius 3 is 2.74 bits per heavy atom. The first-order valence-electron chi connectivity index (χ1n) is 6.65. The zero-order valence-corrected chi connectivity index (χ0v) is 11.5. The van der Waals surface area contributed by atoms with Gasteiger partial charge in [-0.15, -0.1) is 0 Å². The van der Waals surface area contributed by atoms with Crippen molar-refractivity contribution in [2.45, 2.75) is 32.2 Å². The molecule has 0 bridgehead atoms. The molecule has 1 aromatic heterocycles. The Morgan fingerprint density at radius 1 is 1.32 bits per heavy atom. The second kappa shape index (κ2) is 6.51. The number of nitrogen functional groups attached to an aromatic ring is 1. The monoisotopic (exact) mass is 267 g/mol. The maximum absolute atomic E-state index is 5.70. The highest BCUT2D eigenvalue weighted by molar-refractivity contribution is 5.36. The number of hydrogen-bond acceptors (Lipinski definition) is 7. The van der Waals surface area contributed by atoms with Gasteiger partial charge in [0.05, 0.1) is 6.61 Å². The third-order valence-electron chi connectivity index (χ3n) is 3.11. The summed E-state index contributed by atoms with van der Waals surface area (Å²) >= 11 is 0. The van der Waals surface area contributed by atoms with Crippen LogP contribution in [0, 0.1) is 0 Å². The van der Waals surface area contributed by atoms with E-state index in [9.17, 15) is 0 Å². The molecule has 2 N–H and O–H groups in total. The minimum atomic E-state index is 0.190. The lowest BCUT2D eigenvalue weighted by molar-refractivity contribution is 0.0852. The van der Waals surface area contributed by atoms with Gasteiger partial charge in [-0.2, -0.15) is 15.0 Å². The lowest BCUT2D eigenvalue weighted by Crippen LogP contribution is -2.37. The summed E-state index contributed by atoms with van der Waals surface area (Å²) in [4.78, 5) is 14.5. The van der Waals surface area contributed by atoms with Gasteiger partial charge in [-0.25, -0.2) is 0 Å². The highest BCUT2D eigenvalue weighted by Crippen LogP contribution is 2.19. The zero-order chi connectivity index (χ0) is 13.7.